The van der Waals surface area contributed by atoms with E-state index < -0.39 is 41.1 Å². The Morgan fingerprint density at radius 2 is 1.84 bits per heavy atom. The van der Waals surface area contributed by atoms with Gasteiger partial charge in [-0.15, -0.1) is 0 Å². The number of alkyl carbamates (subject to hydrolysis) is 1. The van der Waals surface area contributed by atoms with E-state index in [-0.39, 0.29) is 11.5 Å². The SMILES string of the molecule is C#CN(C(=O)C(CS)NC(=O)OC(C)(C)C)C(C(=O)NC(C)(C)C)c1cccc(O)c1. The molecule has 8 nitrogen and oxygen atoms in total. The third-order valence-electron chi connectivity index (χ3n) is 3.74. The lowest BCUT2D eigenvalue weighted by Crippen LogP contribution is -2.53. The van der Waals surface area contributed by atoms with Gasteiger partial charge in [-0.2, -0.15) is 12.6 Å². The molecule has 0 aliphatic heterocycles. The van der Waals surface area contributed by atoms with Crippen molar-refractivity contribution < 1.29 is 24.2 Å². The lowest BCUT2D eigenvalue weighted by Gasteiger charge is -2.32. The van der Waals surface area contributed by atoms with Crippen LogP contribution in [0.15, 0.2) is 24.3 Å². The van der Waals surface area contributed by atoms with Gasteiger partial charge >= 0.3 is 6.09 Å². The highest BCUT2D eigenvalue weighted by Gasteiger charge is 2.36. The number of phenolic OH excluding ortho intramolecular Hbond substituents is 1. The minimum Gasteiger partial charge on any atom is -0.508 e. The molecule has 0 aromatic heterocycles. The summed E-state index contributed by atoms with van der Waals surface area (Å²) in [5.41, 5.74) is -1.06. The number of benzene rings is 1. The summed E-state index contributed by atoms with van der Waals surface area (Å²) in [6, 6.07) is 5.74. The zero-order valence-corrected chi connectivity index (χ0v) is 19.6. The third-order valence-corrected chi connectivity index (χ3v) is 4.10. The van der Waals surface area contributed by atoms with Crippen LogP contribution in [-0.2, 0) is 14.3 Å². The lowest BCUT2D eigenvalue weighted by atomic mass is 10.0. The van der Waals surface area contributed by atoms with E-state index in [1.54, 1.807) is 47.6 Å². The van der Waals surface area contributed by atoms with E-state index >= 15 is 0 Å². The molecule has 9 heteroatoms. The van der Waals surface area contributed by atoms with Crippen molar-refractivity contribution in [3.8, 4) is 18.2 Å². The van der Waals surface area contributed by atoms with Gasteiger partial charge in [0.05, 0.1) is 0 Å². The highest BCUT2D eigenvalue weighted by Crippen LogP contribution is 2.25. The molecule has 2 atom stereocenters. The number of nitrogens with zero attached hydrogens (tertiary/aromatic N) is 1. The number of thiol groups is 1. The fourth-order valence-electron chi connectivity index (χ4n) is 2.62. The Kier molecular flexibility index (Phi) is 8.82. The van der Waals surface area contributed by atoms with Crippen LogP contribution < -0.4 is 10.6 Å². The van der Waals surface area contributed by atoms with E-state index in [1.165, 1.54) is 18.2 Å². The standard InChI is InChI=1S/C22H31N3O5S/c1-8-25(19(28)16(13-31)23-20(29)30-22(5,6)7)17(18(27)24-21(2,3)4)14-10-9-11-15(26)12-14/h1,9-12,16-17,26,31H,13H2,2-7H3,(H,23,29)(H,24,27). The molecular weight excluding hydrogens is 418 g/mol. The first kappa shape index (κ1) is 26.2. The molecule has 1 aromatic rings. The van der Waals surface area contributed by atoms with Crippen LogP contribution in [0.4, 0.5) is 4.79 Å². The monoisotopic (exact) mass is 449 g/mol. The van der Waals surface area contributed by atoms with Crippen LogP contribution in [-0.4, -0.2) is 50.8 Å². The molecule has 1 rings (SSSR count). The predicted molar refractivity (Wildman–Crippen MR) is 121 cm³/mol. The zero-order chi connectivity index (χ0) is 24.0. The topological polar surface area (TPSA) is 108 Å². The maximum atomic E-state index is 13.2. The summed E-state index contributed by atoms with van der Waals surface area (Å²) in [4.78, 5) is 39.3. The van der Waals surface area contributed by atoms with Crippen molar-refractivity contribution in [3.05, 3.63) is 29.8 Å². The second kappa shape index (κ2) is 10.4. The molecule has 2 unspecified atom stereocenters. The Labute approximate surface area is 189 Å². The number of phenols is 1. The smallest absolute Gasteiger partial charge is 0.408 e. The van der Waals surface area contributed by atoms with Crippen molar-refractivity contribution in [2.24, 2.45) is 0 Å². The van der Waals surface area contributed by atoms with Crippen LogP contribution in [0.3, 0.4) is 0 Å². The second-order valence-electron chi connectivity index (χ2n) is 8.96. The Morgan fingerprint density at radius 3 is 2.29 bits per heavy atom. The number of nitrogens with one attached hydrogen (secondary N) is 2. The van der Waals surface area contributed by atoms with Crippen molar-refractivity contribution in [1.29, 1.82) is 0 Å². The zero-order valence-electron chi connectivity index (χ0n) is 18.7. The highest BCUT2D eigenvalue weighted by molar-refractivity contribution is 7.80. The molecule has 31 heavy (non-hydrogen) atoms. The molecule has 0 aliphatic carbocycles. The Hall–Kier alpha value is -2.86. The summed E-state index contributed by atoms with van der Waals surface area (Å²) in [6.07, 6.45) is 4.81. The molecule has 0 saturated carbocycles. The second-order valence-corrected chi connectivity index (χ2v) is 9.32. The molecule has 0 radical (unpaired) electrons. The fourth-order valence-corrected chi connectivity index (χ4v) is 2.87. The van der Waals surface area contributed by atoms with Gasteiger partial charge in [0.25, 0.3) is 5.91 Å². The van der Waals surface area contributed by atoms with Crippen LogP contribution in [0, 0.1) is 12.5 Å². The Morgan fingerprint density at radius 1 is 1.23 bits per heavy atom. The fraction of sp³-hybridized carbons (Fsp3) is 0.500. The van der Waals surface area contributed by atoms with Crippen LogP contribution >= 0.6 is 12.6 Å². The largest absolute Gasteiger partial charge is 0.508 e. The van der Waals surface area contributed by atoms with Gasteiger partial charge in [-0.05, 0) is 59.2 Å². The van der Waals surface area contributed by atoms with Crippen LogP contribution in [0.5, 0.6) is 5.75 Å². The first-order valence-electron chi connectivity index (χ1n) is 9.69. The number of rotatable bonds is 6. The van der Waals surface area contributed by atoms with Gasteiger partial charge in [0.1, 0.15) is 23.4 Å². The van der Waals surface area contributed by atoms with Gasteiger partial charge in [-0.3, -0.25) is 14.5 Å². The molecule has 0 aliphatic rings. The molecule has 0 fully saturated rings. The van der Waals surface area contributed by atoms with E-state index in [9.17, 15) is 19.5 Å². The molecular formula is C22H31N3O5S. The van der Waals surface area contributed by atoms with Gasteiger partial charge in [-0.1, -0.05) is 18.6 Å². The van der Waals surface area contributed by atoms with E-state index in [0.717, 1.165) is 4.90 Å². The molecule has 3 N–H and O–H groups in total. The van der Waals surface area contributed by atoms with Crippen LogP contribution in [0.1, 0.15) is 53.1 Å². The first-order valence-corrected chi connectivity index (χ1v) is 10.3. The molecule has 0 bridgehead atoms. The number of carbonyl (C=O) groups is 3. The molecule has 0 spiro atoms. The number of hydrogen-bond acceptors (Lipinski definition) is 6. The number of aromatic hydroxyl groups is 1. The van der Waals surface area contributed by atoms with Crippen molar-refractivity contribution in [3.63, 3.8) is 0 Å². The van der Waals surface area contributed by atoms with Crippen molar-refractivity contribution in [2.45, 2.75) is 64.8 Å². The van der Waals surface area contributed by atoms with Crippen molar-refractivity contribution >= 4 is 30.5 Å². The molecule has 1 aromatic carbocycles. The summed E-state index contributed by atoms with van der Waals surface area (Å²) in [6.45, 7) is 10.4. The summed E-state index contributed by atoms with van der Waals surface area (Å²) in [7, 11) is 0. The average Bonchev–Trinajstić information content (AvgIpc) is 2.60. The normalized spacial score (nSPS) is 13.4. The highest BCUT2D eigenvalue weighted by atomic mass is 32.1. The first-order chi connectivity index (χ1) is 14.2. The van der Waals surface area contributed by atoms with E-state index in [1.807, 2.05) is 0 Å². The van der Waals surface area contributed by atoms with E-state index in [4.69, 9.17) is 11.2 Å². The summed E-state index contributed by atoms with van der Waals surface area (Å²) in [5, 5.41) is 15.1. The minimum atomic E-state index is -1.24. The van der Waals surface area contributed by atoms with Crippen LogP contribution in [0.25, 0.3) is 0 Å². The number of ether oxygens (including phenoxy) is 1. The van der Waals surface area contributed by atoms with Gasteiger partial charge in [0.15, 0.2) is 0 Å². The van der Waals surface area contributed by atoms with Gasteiger partial charge < -0.3 is 20.5 Å². The van der Waals surface area contributed by atoms with Crippen LogP contribution in [0.2, 0.25) is 0 Å². The van der Waals surface area contributed by atoms with Gasteiger partial charge in [-0.25, -0.2) is 4.79 Å². The Balaban J connectivity index is 3.30. The summed E-state index contributed by atoms with van der Waals surface area (Å²) in [5.74, 6) is -1.43. The third kappa shape index (κ3) is 8.42. The van der Waals surface area contributed by atoms with Gasteiger partial charge in [0.2, 0.25) is 5.91 Å². The maximum absolute atomic E-state index is 13.2. The summed E-state index contributed by atoms with van der Waals surface area (Å²) < 4.78 is 5.19. The van der Waals surface area contributed by atoms with Crippen molar-refractivity contribution in [2.75, 3.05) is 5.75 Å². The summed E-state index contributed by atoms with van der Waals surface area (Å²) >= 11 is 4.14. The van der Waals surface area contributed by atoms with Gasteiger partial charge in [0, 0.05) is 17.3 Å². The molecule has 3 amide bonds. The number of amides is 3. The number of hydrogen-bond donors (Lipinski definition) is 4. The minimum absolute atomic E-state index is 0.0795. The molecule has 170 valence electrons. The van der Waals surface area contributed by atoms with Crippen molar-refractivity contribution in [1.82, 2.24) is 15.5 Å². The Bertz CT molecular complexity index is 852. The lowest BCUT2D eigenvalue weighted by molar-refractivity contribution is -0.138. The van der Waals surface area contributed by atoms with E-state index in [0.29, 0.717) is 5.56 Å². The average molecular weight is 450 g/mol. The number of carbonyl (C=O) groups excluding carboxylic acids is 3. The predicted octanol–water partition coefficient (Wildman–Crippen LogP) is 2.59. The van der Waals surface area contributed by atoms with E-state index in [2.05, 4.69) is 29.3 Å². The number of terminal acetylenes is 1. The maximum Gasteiger partial charge on any atom is 0.408 e. The molecule has 0 saturated heterocycles. The quantitative estimate of drug-likeness (QED) is 0.303. The molecule has 0 heterocycles.